The van der Waals surface area contributed by atoms with Crippen molar-refractivity contribution < 1.29 is 9.10 Å². The summed E-state index contributed by atoms with van der Waals surface area (Å²) in [5.74, 6) is 1.48. The monoisotopic (exact) mass is 175 g/mol. The molecule has 0 bridgehead atoms. The van der Waals surface area contributed by atoms with Crippen molar-refractivity contribution >= 4 is 0 Å². The van der Waals surface area contributed by atoms with E-state index in [9.17, 15) is 0 Å². The largest absolute Gasteiger partial charge is 0.386 e. The van der Waals surface area contributed by atoms with Crippen LogP contribution in [-0.4, -0.2) is 5.10 Å². The van der Waals surface area contributed by atoms with Gasteiger partial charge in [0, 0.05) is 24.2 Å². The summed E-state index contributed by atoms with van der Waals surface area (Å²) in [4.78, 5) is 0. The fourth-order valence-corrected chi connectivity index (χ4v) is 1.30. The lowest BCUT2D eigenvalue weighted by Crippen LogP contribution is -2.35. The van der Waals surface area contributed by atoms with Gasteiger partial charge in [-0.2, -0.15) is 0 Å². The first-order chi connectivity index (χ1) is 6.27. The zero-order valence-electron chi connectivity index (χ0n) is 7.69. The molecule has 0 aliphatic rings. The Hall–Kier alpha value is -1.64. The van der Waals surface area contributed by atoms with Gasteiger partial charge in [0.1, 0.15) is 0 Å². The third kappa shape index (κ3) is 1.45. The Bertz CT molecular complexity index is 406. The van der Waals surface area contributed by atoms with E-state index in [1.165, 1.54) is 0 Å². The van der Waals surface area contributed by atoms with Crippen molar-refractivity contribution in [3.8, 4) is 5.69 Å². The Morgan fingerprint density at radius 3 is 2.38 bits per heavy atom. The minimum atomic E-state index is 0.682. The van der Waals surface area contributed by atoms with E-state index in [1.807, 2.05) is 44.2 Å². The maximum Gasteiger partial charge on any atom is 0.377 e. The number of hydrogen-bond donors (Lipinski definition) is 0. The number of aromatic nitrogens is 2. The second kappa shape index (κ2) is 3.01. The van der Waals surface area contributed by atoms with Gasteiger partial charge in [0.2, 0.25) is 5.69 Å². The lowest BCUT2D eigenvalue weighted by atomic mass is 10.3. The van der Waals surface area contributed by atoms with Crippen LogP contribution in [0.4, 0.5) is 0 Å². The molecule has 0 radical (unpaired) electrons. The predicted octanol–water partition coefficient (Wildman–Crippen LogP) is 1.57. The fourth-order valence-electron chi connectivity index (χ4n) is 1.30. The molecule has 13 heavy (non-hydrogen) atoms. The van der Waals surface area contributed by atoms with Crippen molar-refractivity contribution in [1.29, 1.82) is 0 Å². The van der Waals surface area contributed by atoms with Gasteiger partial charge in [-0.05, 0) is 4.68 Å². The summed E-state index contributed by atoms with van der Waals surface area (Å²) >= 11 is 0. The molecule has 1 aromatic heterocycles. The van der Waals surface area contributed by atoms with Crippen LogP contribution in [0.25, 0.3) is 5.69 Å². The average Bonchev–Trinajstić information content (AvgIpc) is 2.47. The SMILES string of the molecule is Cc1n[n+](-c2ccccc2)c(C)o1. The van der Waals surface area contributed by atoms with Crippen molar-refractivity contribution in [3.05, 3.63) is 42.1 Å². The van der Waals surface area contributed by atoms with Crippen LogP contribution in [0.5, 0.6) is 0 Å². The molecule has 0 saturated carbocycles. The van der Waals surface area contributed by atoms with Crippen LogP contribution < -0.4 is 4.68 Å². The van der Waals surface area contributed by atoms with E-state index < -0.39 is 0 Å². The molecule has 0 saturated heterocycles. The highest BCUT2D eigenvalue weighted by atomic mass is 16.4. The number of para-hydroxylation sites is 1. The van der Waals surface area contributed by atoms with Gasteiger partial charge in [-0.3, -0.25) is 0 Å². The minimum Gasteiger partial charge on any atom is -0.386 e. The summed E-state index contributed by atoms with van der Waals surface area (Å²) in [7, 11) is 0. The van der Waals surface area contributed by atoms with E-state index in [0.29, 0.717) is 5.89 Å². The van der Waals surface area contributed by atoms with Gasteiger partial charge in [-0.15, -0.1) is 0 Å². The molecule has 2 aromatic rings. The molecule has 0 atom stereocenters. The van der Waals surface area contributed by atoms with Crippen LogP contribution in [0, 0.1) is 13.8 Å². The Morgan fingerprint density at radius 2 is 1.85 bits per heavy atom. The predicted molar refractivity (Wildman–Crippen MR) is 47.5 cm³/mol. The molecule has 3 nitrogen and oxygen atoms in total. The molecule has 66 valence electrons. The van der Waals surface area contributed by atoms with Gasteiger partial charge in [-0.25, -0.2) is 0 Å². The third-order valence-corrected chi connectivity index (χ3v) is 1.84. The topological polar surface area (TPSA) is 29.9 Å². The quantitative estimate of drug-likeness (QED) is 0.616. The Morgan fingerprint density at radius 1 is 1.15 bits per heavy atom. The van der Waals surface area contributed by atoms with Crippen molar-refractivity contribution in [2.45, 2.75) is 13.8 Å². The molecule has 0 N–H and O–H groups in total. The number of aryl methyl sites for hydroxylation is 2. The van der Waals surface area contributed by atoms with Gasteiger partial charge in [0.05, 0.1) is 6.92 Å². The zero-order valence-corrected chi connectivity index (χ0v) is 7.69. The minimum absolute atomic E-state index is 0.682. The number of rotatable bonds is 1. The Labute approximate surface area is 76.6 Å². The molecule has 3 heteroatoms. The van der Waals surface area contributed by atoms with Crippen molar-refractivity contribution in [2.24, 2.45) is 0 Å². The van der Waals surface area contributed by atoms with Gasteiger partial charge >= 0.3 is 5.89 Å². The van der Waals surface area contributed by atoms with Gasteiger partial charge in [0.15, 0.2) is 0 Å². The Balaban J connectivity index is 2.53. The smallest absolute Gasteiger partial charge is 0.377 e. The number of hydrogen-bond acceptors (Lipinski definition) is 2. The van der Waals surface area contributed by atoms with Crippen molar-refractivity contribution in [1.82, 2.24) is 5.10 Å². The standard InChI is InChI=1S/C10H11N2O/c1-8-11-12(9(2)13-8)10-6-4-3-5-7-10/h3-7H,1-2H3/q+1. The fraction of sp³-hybridized carbons (Fsp3) is 0.200. The molecule has 0 spiro atoms. The van der Waals surface area contributed by atoms with Gasteiger partial charge in [-0.1, -0.05) is 18.2 Å². The Kier molecular flexibility index (Phi) is 1.85. The van der Waals surface area contributed by atoms with E-state index in [-0.39, 0.29) is 0 Å². The summed E-state index contributed by atoms with van der Waals surface area (Å²) in [5, 5.41) is 4.23. The molecular formula is C10H11N2O+. The zero-order chi connectivity index (χ0) is 9.26. The van der Waals surface area contributed by atoms with E-state index in [0.717, 1.165) is 11.6 Å². The molecule has 0 amide bonds. The highest BCUT2D eigenvalue weighted by Gasteiger charge is 2.17. The van der Waals surface area contributed by atoms with Crippen LogP contribution in [0.1, 0.15) is 11.8 Å². The van der Waals surface area contributed by atoms with Crippen LogP contribution in [0.15, 0.2) is 34.7 Å². The van der Waals surface area contributed by atoms with Crippen LogP contribution in [0.3, 0.4) is 0 Å². The van der Waals surface area contributed by atoms with Crippen LogP contribution >= 0.6 is 0 Å². The lowest BCUT2D eigenvalue weighted by Gasteiger charge is -1.86. The summed E-state index contributed by atoms with van der Waals surface area (Å²) in [6.07, 6.45) is 0. The van der Waals surface area contributed by atoms with E-state index in [2.05, 4.69) is 5.10 Å². The first kappa shape index (κ1) is 7.98. The molecule has 1 heterocycles. The van der Waals surface area contributed by atoms with E-state index in [4.69, 9.17) is 4.42 Å². The van der Waals surface area contributed by atoms with E-state index >= 15 is 0 Å². The molecule has 0 aliphatic carbocycles. The molecule has 0 aliphatic heterocycles. The number of nitrogens with zero attached hydrogens (tertiary/aromatic N) is 2. The maximum absolute atomic E-state index is 5.32. The van der Waals surface area contributed by atoms with E-state index in [1.54, 1.807) is 4.68 Å². The number of benzene rings is 1. The van der Waals surface area contributed by atoms with Crippen molar-refractivity contribution in [3.63, 3.8) is 0 Å². The maximum atomic E-state index is 5.32. The average molecular weight is 175 g/mol. The second-order valence-corrected chi connectivity index (χ2v) is 2.89. The summed E-state index contributed by atoms with van der Waals surface area (Å²) < 4.78 is 7.11. The normalized spacial score (nSPS) is 10.3. The molecule has 0 fully saturated rings. The highest BCUT2D eigenvalue weighted by Crippen LogP contribution is 2.01. The summed E-state index contributed by atoms with van der Waals surface area (Å²) in [5.41, 5.74) is 1.02. The first-order valence-corrected chi connectivity index (χ1v) is 4.19. The van der Waals surface area contributed by atoms with Gasteiger partial charge < -0.3 is 4.42 Å². The molecule has 0 unspecified atom stereocenters. The lowest BCUT2D eigenvalue weighted by molar-refractivity contribution is -0.667. The van der Waals surface area contributed by atoms with Crippen LogP contribution in [-0.2, 0) is 0 Å². The summed E-state index contributed by atoms with van der Waals surface area (Å²) in [6, 6.07) is 9.92. The molecule has 1 aromatic carbocycles. The molecule has 2 rings (SSSR count). The highest BCUT2D eigenvalue weighted by molar-refractivity contribution is 5.20. The first-order valence-electron chi connectivity index (χ1n) is 4.19. The second-order valence-electron chi connectivity index (χ2n) is 2.89. The van der Waals surface area contributed by atoms with Crippen molar-refractivity contribution in [2.75, 3.05) is 0 Å². The molecular weight excluding hydrogens is 164 g/mol. The third-order valence-electron chi connectivity index (χ3n) is 1.84. The summed E-state index contributed by atoms with van der Waals surface area (Å²) in [6.45, 7) is 3.74. The van der Waals surface area contributed by atoms with Crippen LogP contribution in [0.2, 0.25) is 0 Å². The van der Waals surface area contributed by atoms with Gasteiger partial charge in [0.25, 0.3) is 5.89 Å².